The number of nitrogens with one attached hydrogen (secondary N) is 1. The van der Waals surface area contributed by atoms with Gasteiger partial charge in [0.2, 0.25) is 5.89 Å². The van der Waals surface area contributed by atoms with Crippen molar-refractivity contribution in [1.82, 2.24) is 10.3 Å². The highest BCUT2D eigenvalue weighted by Gasteiger charge is 2.25. The fraction of sp³-hybridized carbons (Fsp3) is 0.385. The molecule has 8 nitrogen and oxygen atoms in total. The van der Waals surface area contributed by atoms with Crippen molar-refractivity contribution >= 4 is 5.91 Å². The molecule has 4 rings (SSSR count). The number of para-hydroxylation sites is 1. The molecular weight excluding hydrogens is 491 g/mol. The third-order valence-electron chi connectivity index (χ3n) is 5.64. The second-order valence-corrected chi connectivity index (χ2v) is 8.65. The predicted molar refractivity (Wildman–Crippen MR) is 128 cm³/mol. The van der Waals surface area contributed by atoms with Crippen molar-refractivity contribution < 1.29 is 36.6 Å². The highest BCUT2D eigenvalue weighted by atomic mass is 19.3. The van der Waals surface area contributed by atoms with Crippen molar-refractivity contribution in [3.8, 4) is 28.7 Å². The van der Waals surface area contributed by atoms with Gasteiger partial charge < -0.3 is 29.7 Å². The minimum Gasteiger partial charge on any atom is -0.490 e. The number of ether oxygens (including phenoxy) is 3. The molecule has 0 radical (unpaired) electrons. The zero-order valence-corrected chi connectivity index (χ0v) is 20.4. The van der Waals surface area contributed by atoms with Gasteiger partial charge >= 0.3 is 6.61 Å². The number of amides is 1. The zero-order chi connectivity index (χ0) is 26.5. The topological polar surface area (TPSA) is 109 Å². The molecule has 2 aromatic carbocycles. The van der Waals surface area contributed by atoms with Crippen LogP contribution in [0.1, 0.15) is 54.5 Å². The molecule has 1 amide bonds. The number of carbonyl (C=O) groups is 1. The van der Waals surface area contributed by atoms with Crippen LogP contribution in [0, 0.1) is 11.7 Å². The SMILES string of the molecule is CCOc1c(F)cccc1C(=O)NCc1nc(-c2ccc(OC(F)F)c(OCC3CC3)c2)oc1[C@H](C)N. The summed E-state index contributed by atoms with van der Waals surface area (Å²) in [5.74, 6) is -0.404. The molecule has 198 valence electrons. The Morgan fingerprint density at radius 3 is 2.68 bits per heavy atom. The third-order valence-corrected chi connectivity index (χ3v) is 5.64. The number of halogens is 3. The molecule has 1 aromatic heterocycles. The van der Waals surface area contributed by atoms with Crippen LogP contribution in [0.5, 0.6) is 17.2 Å². The maximum Gasteiger partial charge on any atom is 0.387 e. The molecule has 1 atom stereocenters. The Bertz CT molecular complexity index is 1240. The van der Waals surface area contributed by atoms with Crippen LogP contribution >= 0.6 is 0 Å². The number of rotatable bonds is 12. The van der Waals surface area contributed by atoms with Gasteiger partial charge in [-0.2, -0.15) is 8.78 Å². The van der Waals surface area contributed by atoms with Gasteiger partial charge in [0.25, 0.3) is 5.91 Å². The van der Waals surface area contributed by atoms with Gasteiger partial charge in [-0.25, -0.2) is 9.37 Å². The maximum absolute atomic E-state index is 14.1. The lowest BCUT2D eigenvalue weighted by Gasteiger charge is -2.12. The molecule has 3 aromatic rings. The van der Waals surface area contributed by atoms with E-state index >= 15 is 0 Å². The average molecular weight is 520 g/mol. The first kappa shape index (κ1) is 26.3. The normalized spacial score (nSPS) is 13.9. The van der Waals surface area contributed by atoms with E-state index in [1.807, 2.05) is 0 Å². The van der Waals surface area contributed by atoms with E-state index in [1.54, 1.807) is 13.8 Å². The van der Waals surface area contributed by atoms with Crippen molar-refractivity contribution in [3.63, 3.8) is 0 Å². The Morgan fingerprint density at radius 2 is 2.00 bits per heavy atom. The van der Waals surface area contributed by atoms with E-state index in [2.05, 4.69) is 15.0 Å². The lowest BCUT2D eigenvalue weighted by Crippen LogP contribution is -2.25. The summed E-state index contributed by atoms with van der Waals surface area (Å²) in [7, 11) is 0. The van der Waals surface area contributed by atoms with E-state index in [0.717, 1.165) is 12.8 Å². The molecule has 1 aliphatic rings. The number of aromatic nitrogens is 1. The van der Waals surface area contributed by atoms with Crippen LogP contribution in [0.25, 0.3) is 11.5 Å². The maximum atomic E-state index is 14.1. The first-order valence-corrected chi connectivity index (χ1v) is 11.9. The summed E-state index contributed by atoms with van der Waals surface area (Å²) in [6.07, 6.45) is 2.05. The smallest absolute Gasteiger partial charge is 0.387 e. The molecule has 0 spiro atoms. The lowest BCUT2D eigenvalue weighted by atomic mass is 10.1. The molecule has 1 heterocycles. The van der Waals surface area contributed by atoms with Crippen molar-refractivity contribution in [2.24, 2.45) is 11.7 Å². The number of alkyl halides is 2. The van der Waals surface area contributed by atoms with Crippen molar-refractivity contribution in [3.05, 3.63) is 59.2 Å². The van der Waals surface area contributed by atoms with Crippen LogP contribution in [-0.4, -0.2) is 30.7 Å². The predicted octanol–water partition coefficient (Wildman–Crippen LogP) is 5.22. The summed E-state index contributed by atoms with van der Waals surface area (Å²) in [5, 5.41) is 2.69. The zero-order valence-electron chi connectivity index (χ0n) is 20.4. The molecule has 3 N–H and O–H groups in total. The number of oxazole rings is 1. The van der Waals surface area contributed by atoms with Gasteiger partial charge in [-0.15, -0.1) is 0 Å². The number of hydrogen-bond donors (Lipinski definition) is 2. The second kappa shape index (κ2) is 11.5. The van der Waals surface area contributed by atoms with Gasteiger partial charge in [-0.1, -0.05) is 6.07 Å². The number of hydrogen-bond acceptors (Lipinski definition) is 7. The number of nitrogens with zero attached hydrogens (tertiary/aromatic N) is 1. The first-order chi connectivity index (χ1) is 17.8. The minimum absolute atomic E-state index is 0.0417. The van der Waals surface area contributed by atoms with E-state index in [0.29, 0.717) is 29.5 Å². The van der Waals surface area contributed by atoms with Gasteiger partial charge in [0, 0.05) is 5.56 Å². The standard InChI is InChI=1S/C26H28F3N3O5/c1-3-34-23-17(5-4-6-18(23)27)24(33)31-12-19-22(14(2)30)37-25(32-19)16-9-10-20(36-26(28)29)21(11-16)35-13-15-7-8-15/h4-6,9-11,14-15,26H,3,7-8,12-13,30H2,1-2H3,(H,31,33)/t14-/m0/s1. The monoisotopic (exact) mass is 519 g/mol. The van der Waals surface area contributed by atoms with E-state index in [-0.39, 0.29) is 41.9 Å². The van der Waals surface area contributed by atoms with E-state index < -0.39 is 24.4 Å². The quantitative estimate of drug-likeness (QED) is 0.338. The highest BCUT2D eigenvalue weighted by Crippen LogP contribution is 2.37. The minimum atomic E-state index is -3.00. The Kier molecular flexibility index (Phi) is 8.22. The molecular formula is C26H28F3N3O5. The number of carbonyl (C=O) groups excluding carboxylic acids is 1. The van der Waals surface area contributed by atoms with Crippen LogP contribution in [-0.2, 0) is 6.54 Å². The first-order valence-electron chi connectivity index (χ1n) is 11.9. The largest absolute Gasteiger partial charge is 0.490 e. The molecule has 11 heteroatoms. The summed E-state index contributed by atoms with van der Waals surface area (Å²) in [6.45, 7) is 0.904. The van der Waals surface area contributed by atoms with Crippen LogP contribution in [0.2, 0.25) is 0 Å². The van der Waals surface area contributed by atoms with Gasteiger partial charge in [0.15, 0.2) is 23.1 Å². The summed E-state index contributed by atoms with van der Waals surface area (Å²) < 4.78 is 61.3. The highest BCUT2D eigenvalue weighted by molar-refractivity contribution is 5.96. The molecule has 0 saturated heterocycles. The molecule has 0 bridgehead atoms. The van der Waals surface area contributed by atoms with E-state index in [4.69, 9.17) is 19.6 Å². The summed E-state index contributed by atoms with van der Waals surface area (Å²) in [5.41, 5.74) is 6.92. The molecule has 1 saturated carbocycles. The van der Waals surface area contributed by atoms with Crippen LogP contribution < -0.4 is 25.3 Å². The third kappa shape index (κ3) is 6.53. The van der Waals surface area contributed by atoms with E-state index in [9.17, 15) is 18.0 Å². The molecule has 0 unspecified atom stereocenters. The van der Waals surface area contributed by atoms with Gasteiger partial charge in [-0.3, -0.25) is 4.79 Å². The fourth-order valence-corrected chi connectivity index (χ4v) is 3.65. The number of benzene rings is 2. The van der Waals surface area contributed by atoms with Crippen molar-refractivity contribution in [2.75, 3.05) is 13.2 Å². The Morgan fingerprint density at radius 1 is 1.22 bits per heavy atom. The Balaban J connectivity index is 1.56. The van der Waals surface area contributed by atoms with Crippen LogP contribution in [0.3, 0.4) is 0 Å². The second-order valence-electron chi connectivity index (χ2n) is 8.65. The molecule has 1 aliphatic carbocycles. The molecule has 37 heavy (non-hydrogen) atoms. The van der Waals surface area contributed by atoms with E-state index in [1.165, 1.54) is 36.4 Å². The van der Waals surface area contributed by atoms with Crippen LogP contribution in [0.15, 0.2) is 40.8 Å². The van der Waals surface area contributed by atoms with Crippen LogP contribution in [0.4, 0.5) is 13.2 Å². The number of nitrogens with two attached hydrogens (primary N) is 1. The van der Waals surface area contributed by atoms with Crippen molar-refractivity contribution in [2.45, 2.75) is 45.9 Å². The van der Waals surface area contributed by atoms with Gasteiger partial charge in [0.1, 0.15) is 11.5 Å². The van der Waals surface area contributed by atoms with Gasteiger partial charge in [-0.05, 0) is 62.9 Å². The fourth-order valence-electron chi connectivity index (χ4n) is 3.65. The lowest BCUT2D eigenvalue weighted by molar-refractivity contribution is -0.0515. The summed E-state index contributed by atoms with van der Waals surface area (Å²) >= 11 is 0. The molecule has 1 fully saturated rings. The Hall–Kier alpha value is -3.73. The summed E-state index contributed by atoms with van der Waals surface area (Å²) in [6, 6.07) is 7.91. The molecule has 0 aliphatic heterocycles. The Labute approximate surface area is 211 Å². The van der Waals surface area contributed by atoms with Gasteiger partial charge in [0.05, 0.1) is 31.4 Å². The average Bonchev–Trinajstić information content (AvgIpc) is 3.59. The summed E-state index contributed by atoms with van der Waals surface area (Å²) in [4.78, 5) is 17.3. The van der Waals surface area contributed by atoms with Crippen molar-refractivity contribution in [1.29, 1.82) is 0 Å².